The van der Waals surface area contributed by atoms with E-state index in [2.05, 4.69) is 16.0 Å². The number of fused-ring (bicyclic) bond motifs is 2. The molecule has 3 heterocycles. The topological polar surface area (TPSA) is 99.8 Å². The second-order valence-electron chi connectivity index (χ2n) is 8.72. The Hall–Kier alpha value is -2.29. The molecule has 1 aromatic rings. The average molecular weight is 412 g/mol. The number of carbonyl (C=O) groups is 3. The van der Waals surface area contributed by atoms with E-state index in [0.717, 1.165) is 30.6 Å². The third-order valence-electron chi connectivity index (χ3n) is 6.79. The van der Waals surface area contributed by atoms with Crippen LogP contribution in [-0.4, -0.2) is 60.0 Å². The highest BCUT2D eigenvalue weighted by atomic mass is 16.5. The number of imide groups is 1. The van der Waals surface area contributed by atoms with E-state index in [9.17, 15) is 14.4 Å². The molecule has 3 aliphatic heterocycles. The van der Waals surface area contributed by atoms with E-state index in [4.69, 9.17) is 4.74 Å². The third-order valence-corrected chi connectivity index (χ3v) is 6.79. The summed E-state index contributed by atoms with van der Waals surface area (Å²) >= 11 is 0. The Morgan fingerprint density at radius 1 is 1.17 bits per heavy atom. The highest BCUT2D eigenvalue weighted by Crippen LogP contribution is 2.30. The number of morpholine rings is 1. The second kappa shape index (κ2) is 8.09. The maximum Gasteiger partial charge on any atom is 0.255 e. The van der Waals surface area contributed by atoms with Crippen LogP contribution in [0.15, 0.2) is 18.2 Å². The van der Waals surface area contributed by atoms with E-state index in [0.29, 0.717) is 37.2 Å². The van der Waals surface area contributed by atoms with Crippen LogP contribution in [-0.2, 0) is 27.4 Å². The van der Waals surface area contributed by atoms with E-state index in [-0.39, 0.29) is 30.2 Å². The lowest BCUT2D eigenvalue weighted by molar-refractivity contribution is -0.136. The van der Waals surface area contributed by atoms with Crippen LogP contribution in [0.4, 0.5) is 0 Å². The number of nitrogens with zero attached hydrogens (tertiary/aromatic N) is 1. The molecule has 1 unspecified atom stereocenters. The van der Waals surface area contributed by atoms with E-state index in [1.807, 2.05) is 18.2 Å². The molecule has 8 heteroatoms. The molecule has 3 amide bonds. The first-order valence-electron chi connectivity index (χ1n) is 10.9. The summed E-state index contributed by atoms with van der Waals surface area (Å²) in [5.41, 5.74) is 2.69. The Bertz CT molecular complexity index is 873. The largest absolute Gasteiger partial charge is 0.371 e. The fraction of sp³-hybridized carbons (Fsp3) is 0.591. The van der Waals surface area contributed by atoms with Crippen LogP contribution < -0.4 is 16.0 Å². The van der Waals surface area contributed by atoms with Gasteiger partial charge in [0.1, 0.15) is 6.04 Å². The number of nitrogens with one attached hydrogen (secondary N) is 3. The fourth-order valence-corrected chi connectivity index (χ4v) is 5.20. The molecule has 8 nitrogen and oxygen atoms in total. The maximum atomic E-state index is 12.9. The van der Waals surface area contributed by atoms with Gasteiger partial charge in [-0.3, -0.25) is 19.7 Å². The van der Waals surface area contributed by atoms with Crippen LogP contribution >= 0.6 is 0 Å². The van der Waals surface area contributed by atoms with Crippen LogP contribution in [0, 0.1) is 0 Å². The summed E-state index contributed by atoms with van der Waals surface area (Å²) in [5.74, 6) is -0.777. The molecule has 3 N–H and O–H groups in total. The van der Waals surface area contributed by atoms with Crippen LogP contribution in [0.25, 0.3) is 0 Å². The van der Waals surface area contributed by atoms with Gasteiger partial charge >= 0.3 is 0 Å². The van der Waals surface area contributed by atoms with Gasteiger partial charge in [-0.25, -0.2) is 0 Å². The fourth-order valence-electron chi connectivity index (χ4n) is 5.20. The number of ether oxygens (including phenoxy) is 1. The zero-order chi connectivity index (χ0) is 20.7. The van der Waals surface area contributed by atoms with Gasteiger partial charge in [-0.05, 0) is 42.9 Å². The molecule has 160 valence electrons. The highest BCUT2D eigenvalue weighted by Gasteiger charge is 2.40. The van der Waals surface area contributed by atoms with E-state index in [1.54, 1.807) is 4.90 Å². The van der Waals surface area contributed by atoms with Crippen molar-refractivity contribution in [2.45, 2.75) is 69.5 Å². The van der Waals surface area contributed by atoms with Crippen molar-refractivity contribution >= 4 is 17.7 Å². The minimum atomic E-state index is -0.579. The first-order chi connectivity index (χ1) is 14.6. The predicted molar refractivity (Wildman–Crippen MR) is 108 cm³/mol. The first kappa shape index (κ1) is 19.7. The molecule has 4 atom stereocenters. The monoisotopic (exact) mass is 412 g/mol. The Balaban J connectivity index is 1.21. The van der Waals surface area contributed by atoms with Gasteiger partial charge in [-0.2, -0.15) is 0 Å². The molecule has 0 bridgehead atoms. The summed E-state index contributed by atoms with van der Waals surface area (Å²) in [4.78, 5) is 38.2. The van der Waals surface area contributed by atoms with Crippen molar-refractivity contribution in [1.29, 1.82) is 0 Å². The van der Waals surface area contributed by atoms with Gasteiger partial charge in [0.05, 0.1) is 12.2 Å². The number of piperidine rings is 1. The molecule has 0 spiro atoms. The summed E-state index contributed by atoms with van der Waals surface area (Å²) in [6, 6.07) is 5.68. The van der Waals surface area contributed by atoms with Gasteiger partial charge in [0.15, 0.2) is 0 Å². The van der Waals surface area contributed by atoms with Gasteiger partial charge in [0.2, 0.25) is 11.8 Å². The van der Waals surface area contributed by atoms with Crippen molar-refractivity contribution in [2.75, 3.05) is 13.1 Å². The van der Waals surface area contributed by atoms with E-state index >= 15 is 0 Å². The number of hydrogen-bond donors (Lipinski definition) is 3. The number of amides is 3. The number of hydrogen-bond acceptors (Lipinski definition) is 6. The first-order valence-corrected chi connectivity index (χ1v) is 10.9. The molecular weight excluding hydrogens is 384 g/mol. The quantitative estimate of drug-likeness (QED) is 0.607. The third kappa shape index (κ3) is 3.64. The van der Waals surface area contributed by atoms with Crippen molar-refractivity contribution in [2.24, 2.45) is 0 Å². The highest BCUT2D eigenvalue weighted by molar-refractivity contribution is 6.05. The molecule has 2 saturated heterocycles. The maximum absolute atomic E-state index is 12.9. The summed E-state index contributed by atoms with van der Waals surface area (Å²) < 4.78 is 6.22. The van der Waals surface area contributed by atoms with Crippen molar-refractivity contribution in [3.05, 3.63) is 34.9 Å². The molecule has 5 rings (SSSR count). The van der Waals surface area contributed by atoms with Gasteiger partial charge < -0.3 is 20.3 Å². The molecular formula is C22H28N4O4. The summed E-state index contributed by atoms with van der Waals surface area (Å²) in [6.07, 6.45) is 4.72. The number of carbonyl (C=O) groups excluding carboxylic acids is 3. The SMILES string of the molecule is O=C1CCC(N2Cc3c(CNC[C@@H]4CN[C@H]5CCC[C@@H]5O4)cccc3C2=O)C(=O)N1. The van der Waals surface area contributed by atoms with E-state index < -0.39 is 6.04 Å². The molecule has 30 heavy (non-hydrogen) atoms. The molecule has 1 saturated carbocycles. The molecule has 1 aromatic carbocycles. The Morgan fingerprint density at radius 3 is 2.93 bits per heavy atom. The Kier molecular flexibility index (Phi) is 5.30. The van der Waals surface area contributed by atoms with Crippen LogP contribution in [0.5, 0.6) is 0 Å². The lowest BCUT2D eigenvalue weighted by Crippen LogP contribution is -2.52. The summed E-state index contributed by atoms with van der Waals surface area (Å²) in [6.45, 7) is 2.67. The average Bonchev–Trinajstić information content (AvgIpc) is 3.33. The molecule has 0 aromatic heterocycles. The zero-order valence-corrected chi connectivity index (χ0v) is 17.0. The zero-order valence-electron chi connectivity index (χ0n) is 17.0. The summed E-state index contributed by atoms with van der Waals surface area (Å²) in [7, 11) is 0. The normalized spacial score (nSPS) is 30.9. The van der Waals surface area contributed by atoms with E-state index in [1.165, 1.54) is 12.8 Å². The standard InChI is InChI=1S/C22H28N4O4/c27-20-8-7-18(21(28)25-20)26-12-16-13(3-1-4-15(16)22(26)29)9-23-10-14-11-24-17-5-2-6-19(17)30-14/h1,3-4,14,17-19,23-24H,2,5-12H2,(H,25,27,28)/t14-,17+,18?,19+/m1/s1. The Morgan fingerprint density at radius 2 is 2.07 bits per heavy atom. The number of rotatable bonds is 5. The summed E-state index contributed by atoms with van der Waals surface area (Å²) in [5, 5.41) is 9.44. The van der Waals surface area contributed by atoms with Crippen LogP contribution in [0.1, 0.15) is 53.6 Å². The van der Waals surface area contributed by atoms with Crippen LogP contribution in [0.3, 0.4) is 0 Å². The van der Waals surface area contributed by atoms with Crippen LogP contribution in [0.2, 0.25) is 0 Å². The minimum Gasteiger partial charge on any atom is -0.371 e. The molecule has 3 fully saturated rings. The second-order valence-corrected chi connectivity index (χ2v) is 8.72. The molecule has 4 aliphatic rings. The lowest BCUT2D eigenvalue weighted by Gasteiger charge is -2.33. The van der Waals surface area contributed by atoms with Crippen molar-refractivity contribution in [1.82, 2.24) is 20.9 Å². The molecule has 0 radical (unpaired) electrons. The van der Waals surface area contributed by atoms with Crippen molar-refractivity contribution < 1.29 is 19.1 Å². The van der Waals surface area contributed by atoms with Gasteiger partial charge in [-0.1, -0.05) is 12.1 Å². The van der Waals surface area contributed by atoms with Gasteiger partial charge in [0, 0.05) is 44.2 Å². The molecule has 1 aliphatic carbocycles. The van der Waals surface area contributed by atoms with Crippen molar-refractivity contribution in [3.8, 4) is 0 Å². The number of benzene rings is 1. The van der Waals surface area contributed by atoms with Gasteiger partial charge in [0.25, 0.3) is 5.91 Å². The minimum absolute atomic E-state index is 0.131. The Labute approximate surface area is 175 Å². The van der Waals surface area contributed by atoms with Gasteiger partial charge in [-0.15, -0.1) is 0 Å². The lowest BCUT2D eigenvalue weighted by atomic mass is 10.0. The predicted octanol–water partition coefficient (Wildman–Crippen LogP) is 0.447. The smallest absolute Gasteiger partial charge is 0.255 e. The van der Waals surface area contributed by atoms with Crippen molar-refractivity contribution in [3.63, 3.8) is 0 Å².